The number of anilines is 3. The van der Waals surface area contributed by atoms with E-state index in [1.54, 1.807) is 0 Å². The molecule has 0 aliphatic rings. The summed E-state index contributed by atoms with van der Waals surface area (Å²) in [6, 6.07) is 68.2. The Balaban J connectivity index is 1.12. The van der Waals surface area contributed by atoms with E-state index in [0.717, 1.165) is 17.1 Å². The minimum Gasteiger partial charge on any atom is -0.310 e. The maximum Gasteiger partial charge on any atom is 0.0468 e. The highest BCUT2D eigenvalue weighted by atomic mass is 15.1. The van der Waals surface area contributed by atoms with Crippen LogP contribution in [0.2, 0.25) is 0 Å². The van der Waals surface area contributed by atoms with Crippen LogP contribution < -0.4 is 4.90 Å². The number of hydrogen-bond acceptors (Lipinski definition) is 1. The lowest BCUT2D eigenvalue weighted by atomic mass is 9.94. The van der Waals surface area contributed by atoms with Gasteiger partial charge in [0.1, 0.15) is 0 Å². The Morgan fingerprint density at radius 2 is 0.745 bits per heavy atom. The lowest BCUT2D eigenvalue weighted by Gasteiger charge is -2.26. The van der Waals surface area contributed by atoms with E-state index in [9.17, 15) is 0 Å². The lowest BCUT2D eigenvalue weighted by Crippen LogP contribution is -2.09. The fourth-order valence-electron chi connectivity index (χ4n) is 7.01. The normalized spacial score (nSPS) is 11.4. The molecule has 0 radical (unpaired) electrons. The highest BCUT2D eigenvalue weighted by Crippen LogP contribution is 2.39. The van der Waals surface area contributed by atoms with Crippen molar-refractivity contribution in [1.29, 1.82) is 0 Å². The molecule has 9 aromatic rings. The van der Waals surface area contributed by atoms with Crippen molar-refractivity contribution < 1.29 is 0 Å². The first-order valence-electron chi connectivity index (χ1n) is 16.2. The number of benzene rings is 9. The van der Waals surface area contributed by atoms with E-state index in [1.807, 2.05) is 0 Å². The van der Waals surface area contributed by atoms with Gasteiger partial charge in [-0.1, -0.05) is 146 Å². The first kappa shape index (κ1) is 27.2. The molecule has 0 fully saturated rings. The highest BCUT2D eigenvalue weighted by molar-refractivity contribution is 6.20. The first-order valence-corrected chi connectivity index (χ1v) is 16.2. The SMILES string of the molecule is c1ccc(-c2ccc(N(c3ccc(-c4ccc5c(ccc6ccc7ccccc7c65)c4)cc3)c3ccc4ccccc4c3)cc2)cc1. The Morgan fingerprint density at radius 1 is 0.255 bits per heavy atom. The molecule has 0 heterocycles. The molecule has 0 aliphatic carbocycles. The van der Waals surface area contributed by atoms with Gasteiger partial charge in [-0.2, -0.15) is 0 Å². The number of nitrogens with zero attached hydrogens (tertiary/aromatic N) is 1. The van der Waals surface area contributed by atoms with E-state index >= 15 is 0 Å². The van der Waals surface area contributed by atoms with Gasteiger partial charge in [-0.15, -0.1) is 0 Å². The predicted molar refractivity (Wildman–Crippen MR) is 202 cm³/mol. The van der Waals surface area contributed by atoms with Crippen LogP contribution in [0.25, 0.3) is 65.3 Å². The quantitative estimate of drug-likeness (QED) is 0.178. The summed E-state index contributed by atoms with van der Waals surface area (Å²) >= 11 is 0. The number of hydrogen-bond donors (Lipinski definition) is 0. The summed E-state index contributed by atoms with van der Waals surface area (Å²) in [7, 11) is 0. The molecule has 0 amide bonds. The van der Waals surface area contributed by atoms with Crippen molar-refractivity contribution in [1.82, 2.24) is 0 Å². The van der Waals surface area contributed by atoms with Crippen LogP contribution in [0.4, 0.5) is 17.1 Å². The second-order valence-electron chi connectivity index (χ2n) is 12.2. The molecule has 220 valence electrons. The summed E-state index contributed by atoms with van der Waals surface area (Å²) in [5.74, 6) is 0. The molecule has 0 aliphatic heterocycles. The van der Waals surface area contributed by atoms with Gasteiger partial charge in [0.25, 0.3) is 0 Å². The van der Waals surface area contributed by atoms with E-state index in [0.29, 0.717) is 0 Å². The van der Waals surface area contributed by atoms with Gasteiger partial charge in [-0.25, -0.2) is 0 Å². The van der Waals surface area contributed by atoms with Crippen molar-refractivity contribution in [3.8, 4) is 22.3 Å². The zero-order valence-corrected chi connectivity index (χ0v) is 25.8. The fraction of sp³-hybridized carbons (Fsp3) is 0. The van der Waals surface area contributed by atoms with Crippen molar-refractivity contribution >= 4 is 60.2 Å². The van der Waals surface area contributed by atoms with Crippen LogP contribution in [-0.2, 0) is 0 Å². The van der Waals surface area contributed by atoms with Gasteiger partial charge >= 0.3 is 0 Å². The van der Waals surface area contributed by atoms with Gasteiger partial charge in [-0.3, -0.25) is 0 Å². The summed E-state index contributed by atoms with van der Waals surface area (Å²) in [5, 5.41) is 10.2. The van der Waals surface area contributed by atoms with Crippen LogP contribution in [-0.4, -0.2) is 0 Å². The first-order chi connectivity index (χ1) is 23.3. The average molecular weight is 598 g/mol. The second kappa shape index (κ2) is 11.3. The van der Waals surface area contributed by atoms with E-state index in [4.69, 9.17) is 0 Å². The fourth-order valence-corrected chi connectivity index (χ4v) is 7.01. The van der Waals surface area contributed by atoms with E-state index in [-0.39, 0.29) is 0 Å². The van der Waals surface area contributed by atoms with E-state index in [2.05, 4.69) is 193 Å². The van der Waals surface area contributed by atoms with Gasteiger partial charge in [0.15, 0.2) is 0 Å². The Labute approximate surface area is 274 Å². The van der Waals surface area contributed by atoms with Crippen LogP contribution in [0.3, 0.4) is 0 Å². The van der Waals surface area contributed by atoms with Gasteiger partial charge in [0, 0.05) is 17.1 Å². The molecular formula is C46H31N. The van der Waals surface area contributed by atoms with Crippen molar-refractivity contribution in [2.45, 2.75) is 0 Å². The van der Waals surface area contributed by atoms with Crippen molar-refractivity contribution in [3.05, 3.63) is 188 Å². The molecule has 0 saturated heterocycles. The molecule has 0 spiro atoms. The zero-order chi connectivity index (χ0) is 31.2. The summed E-state index contributed by atoms with van der Waals surface area (Å²) in [6.45, 7) is 0. The molecule has 9 rings (SSSR count). The lowest BCUT2D eigenvalue weighted by molar-refractivity contribution is 1.29. The minimum absolute atomic E-state index is 1.12. The maximum absolute atomic E-state index is 2.35. The Morgan fingerprint density at radius 3 is 1.49 bits per heavy atom. The average Bonchev–Trinajstić information content (AvgIpc) is 3.15. The smallest absolute Gasteiger partial charge is 0.0468 e. The molecule has 1 nitrogen and oxygen atoms in total. The Hall–Kier alpha value is -6.18. The van der Waals surface area contributed by atoms with Crippen LogP contribution in [0.5, 0.6) is 0 Å². The van der Waals surface area contributed by atoms with Gasteiger partial charge < -0.3 is 4.90 Å². The van der Waals surface area contributed by atoms with Crippen LogP contribution in [0.1, 0.15) is 0 Å². The monoisotopic (exact) mass is 597 g/mol. The van der Waals surface area contributed by atoms with Gasteiger partial charge in [-0.05, 0) is 108 Å². The largest absolute Gasteiger partial charge is 0.310 e. The zero-order valence-electron chi connectivity index (χ0n) is 25.8. The molecule has 0 atom stereocenters. The minimum atomic E-state index is 1.12. The van der Waals surface area contributed by atoms with E-state index < -0.39 is 0 Å². The standard InChI is InChI=1S/C46H31N/c1-2-8-32(9-3-1)34-18-24-41(25-19-34)47(43-28-22-33-10-4-5-12-38(33)31-43)42-26-20-35(21-27-42)39-23-29-45-40(30-39)17-16-37-15-14-36-11-6-7-13-44(36)46(37)45/h1-31H. The third-order valence-electron chi connectivity index (χ3n) is 9.41. The predicted octanol–water partition coefficient (Wildman–Crippen LogP) is 13.1. The number of fused-ring (bicyclic) bond motifs is 6. The summed E-state index contributed by atoms with van der Waals surface area (Å²) in [5.41, 5.74) is 8.22. The molecule has 1 heteroatoms. The van der Waals surface area contributed by atoms with E-state index in [1.165, 1.54) is 65.3 Å². The third kappa shape index (κ3) is 4.90. The Kier molecular flexibility index (Phi) is 6.54. The molecule has 9 aromatic carbocycles. The summed E-state index contributed by atoms with van der Waals surface area (Å²) < 4.78 is 0. The molecule has 0 aromatic heterocycles. The van der Waals surface area contributed by atoms with Crippen molar-refractivity contribution in [2.24, 2.45) is 0 Å². The highest BCUT2D eigenvalue weighted by Gasteiger charge is 2.14. The molecule has 0 unspecified atom stereocenters. The molecule has 0 bridgehead atoms. The maximum atomic E-state index is 2.35. The second-order valence-corrected chi connectivity index (χ2v) is 12.2. The van der Waals surface area contributed by atoms with Crippen LogP contribution >= 0.6 is 0 Å². The molecular weight excluding hydrogens is 567 g/mol. The Bertz CT molecular complexity index is 2550. The van der Waals surface area contributed by atoms with Crippen LogP contribution in [0.15, 0.2) is 188 Å². The van der Waals surface area contributed by atoms with Crippen LogP contribution in [0, 0.1) is 0 Å². The third-order valence-corrected chi connectivity index (χ3v) is 9.41. The molecule has 47 heavy (non-hydrogen) atoms. The van der Waals surface area contributed by atoms with Crippen molar-refractivity contribution in [3.63, 3.8) is 0 Å². The molecule has 0 saturated carbocycles. The topological polar surface area (TPSA) is 3.24 Å². The van der Waals surface area contributed by atoms with Gasteiger partial charge in [0.05, 0.1) is 0 Å². The summed E-state index contributed by atoms with van der Waals surface area (Å²) in [6.07, 6.45) is 0. The number of rotatable bonds is 5. The molecule has 0 N–H and O–H groups in total. The van der Waals surface area contributed by atoms with Gasteiger partial charge in [0.2, 0.25) is 0 Å². The summed E-state index contributed by atoms with van der Waals surface area (Å²) in [4.78, 5) is 2.35. The van der Waals surface area contributed by atoms with Crippen molar-refractivity contribution in [2.75, 3.05) is 4.90 Å².